The summed E-state index contributed by atoms with van der Waals surface area (Å²) in [6.45, 7) is 2.38. The summed E-state index contributed by atoms with van der Waals surface area (Å²) in [6, 6.07) is 12.6. The minimum atomic E-state index is -0.660. The molecule has 0 radical (unpaired) electrons. The number of esters is 1. The molecule has 6 nitrogen and oxygen atoms in total. The van der Waals surface area contributed by atoms with Crippen molar-refractivity contribution < 1.29 is 23.5 Å². The lowest BCUT2D eigenvalue weighted by Gasteiger charge is -2.30. The monoisotopic (exact) mass is 480 g/mol. The Balaban J connectivity index is 1.56. The maximum Gasteiger partial charge on any atom is 0.330 e. The van der Waals surface area contributed by atoms with E-state index in [1.807, 2.05) is 43.1 Å². The van der Waals surface area contributed by atoms with Crippen LogP contribution in [0.4, 0.5) is 4.39 Å². The number of hydrogen-bond acceptors (Lipinski definition) is 5. The van der Waals surface area contributed by atoms with Crippen LogP contribution in [0.3, 0.4) is 0 Å². The number of likely N-dealkylation sites (N-methyl/N-ethyl adjacent to an activating group) is 1. The Bertz CT molecular complexity index is 1050. The summed E-state index contributed by atoms with van der Waals surface area (Å²) in [5.74, 6) is -1.57. The maximum atomic E-state index is 13.3. The van der Waals surface area contributed by atoms with Crippen LogP contribution >= 0.6 is 0 Å². The highest BCUT2D eigenvalue weighted by atomic mass is 19.1. The van der Waals surface area contributed by atoms with E-state index < -0.39 is 23.6 Å². The van der Waals surface area contributed by atoms with Gasteiger partial charge in [-0.3, -0.25) is 14.5 Å². The molecule has 186 valence electrons. The average molecular weight is 481 g/mol. The molecule has 0 saturated heterocycles. The molecule has 1 N–H and O–H groups in total. The van der Waals surface area contributed by atoms with Crippen LogP contribution in [0.15, 0.2) is 60.7 Å². The number of ketones is 1. The number of nitrogens with zero attached hydrogens (tertiary/aromatic N) is 1. The van der Waals surface area contributed by atoms with Crippen LogP contribution in [0.5, 0.6) is 0 Å². The van der Waals surface area contributed by atoms with Gasteiger partial charge in [-0.1, -0.05) is 49.1 Å². The molecule has 0 spiro atoms. The lowest BCUT2D eigenvalue weighted by Crippen LogP contribution is -2.44. The third kappa shape index (κ3) is 8.14. The number of halogens is 1. The highest BCUT2D eigenvalue weighted by Gasteiger charge is 2.27. The van der Waals surface area contributed by atoms with Crippen LogP contribution in [0.1, 0.15) is 59.6 Å². The molecular weight excluding hydrogens is 447 g/mol. The van der Waals surface area contributed by atoms with Crippen LogP contribution in [0.25, 0.3) is 0 Å². The van der Waals surface area contributed by atoms with Crippen LogP contribution < -0.4 is 5.32 Å². The molecule has 1 aliphatic rings. The molecule has 1 aliphatic carbocycles. The number of allylic oxidation sites excluding steroid dienone is 1. The van der Waals surface area contributed by atoms with Gasteiger partial charge in [0.25, 0.3) is 0 Å². The summed E-state index contributed by atoms with van der Waals surface area (Å²) < 4.78 is 18.2. The SMILES string of the molecule is Cc1cccc(C(C(=O)NC2CCCCC2)N(C)CCOC(=O)/C=C/C(=O)c2ccc(F)cc2)c1. The third-order valence-electron chi connectivity index (χ3n) is 6.19. The standard InChI is InChI=1S/C28H33FN2O4/c1-20-7-6-8-22(19-20)27(28(34)30-24-9-4-3-5-10-24)31(2)17-18-35-26(33)16-15-25(32)21-11-13-23(29)14-12-21/h6-8,11-16,19,24,27H,3-5,9-10,17-18H2,1-2H3,(H,30,34)/b16-15+. The second-order valence-corrected chi connectivity index (χ2v) is 9.01. The molecule has 0 heterocycles. The van der Waals surface area contributed by atoms with E-state index in [-0.39, 0.29) is 24.1 Å². The number of benzene rings is 2. The number of ether oxygens (including phenoxy) is 1. The Morgan fingerprint density at radius 2 is 1.80 bits per heavy atom. The van der Waals surface area contributed by atoms with Crippen LogP contribution in [0.2, 0.25) is 0 Å². The first-order valence-electron chi connectivity index (χ1n) is 12.1. The van der Waals surface area contributed by atoms with Crippen LogP contribution in [0, 0.1) is 12.7 Å². The van der Waals surface area contributed by atoms with E-state index in [4.69, 9.17) is 4.74 Å². The van der Waals surface area contributed by atoms with Gasteiger partial charge in [0.1, 0.15) is 18.5 Å². The number of carbonyl (C=O) groups excluding carboxylic acids is 3. The normalized spacial score (nSPS) is 15.2. The molecule has 0 aromatic heterocycles. The molecule has 3 rings (SSSR count). The summed E-state index contributed by atoms with van der Waals surface area (Å²) in [7, 11) is 1.83. The number of hydrogen-bond donors (Lipinski definition) is 1. The predicted molar refractivity (Wildman–Crippen MR) is 132 cm³/mol. The van der Waals surface area contributed by atoms with Gasteiger partial charge in [0.05, 0.1) is 0 Å². The molecule has 7 heteroatoms. The maximum absolute atomic E-state index is 13.3. The fourth-order valence-corrected chi connectivity index (χ4v) is 4.29. The molecule has 1 saturated carbocycles. The van der Waals surface area contributed by atoms with Gasteiger partial charge < -0.3 is 10.1 Å². The second kappa shape index (κ2) is 13.0. The van der Waals surface area contributed by atoms with Crippen molar-refractivity contribution in [3.63, 3.8) is 0 Å². The summed E-state index contributed by atoms with van der Waals surface area (Å²) in [5, 5.41) is 3.21. The quantitative estimate of drug-likeness (QED) is 0.307. The molecule has 1 amide bonds. The van der Waals surface area contributed by atoms with Crippen molar-refractivity contribution in [2.45, 2.75) is 51.1 Å². The Labute approximate surface area is 206 Å². The van der Waals surface area contributed by atoms with E-state index in [1.165, 1.54) is 30.7 Å². The van der Waals surface area contributed by atoms with Gasteiger partial charge in [-0.25, -0.2) is 9.18 Å². The number of aryl methyl sites for hydroxylation is 1. The van der Waals surface area contributed by atoms with Crippen LogP contribution in [-0.4, -0.2) is 48.8 Å². The smallest absolute Gasteiger partial charge is 0.330 e. The lowest BCUT2D eigenvalue weighted by atomic mass is 9.94. The van der Waals surface area contributed by atoms with Gasteiger partial charge in [-0.05, 0) is 62.7 Å². The Hall–Kier alpha value is -3.32. The second-order valence-electron chi connectivity index (χ2n) is 9.01. The topological polar surface area (TPSA) is 75.7 Å². The van der Waals surface area contributed by atoms with Crippen molar-refractivity contribution in [3.8, 4) is 0 Å². The van der Waals surface area contributed by atoms with E-state index in [0.717, 1.165) is 49.0 Å². The van der Waals surface area contributed by atoms with Gasteiger partial charge in [-0.2, -0.15) is 0 Å². The van der Waals surface area contributed by atoms with E-state index >= 15 is 0 Å². The average Bonchev–Trinajstić information content (AvgIpc) is 2.84. The largest absolute Gasteiger partial charge is 0.461 e. The van der Waals surface area contributed by atoms with Crippen molar-refractivity contribution in [1.82, 2.24) is 10.2 Å². The third-order valence-corrected chi connectivity index (χ3v) is 6.19. The van der Waals surface area contributed by atoms with Crippen molar-refractivity contribution in [3.05, 3.63) is 83.2 Å². The van der Waals surface area contributed by atoms with Crippen LogP contribution in [-0.2, 0) is 14.3 Å². The zero-order valence-electron chi connectivity index (χ0n) is 20.3. The molecule has 2 aromatic rings. The summed E-state index contributed by atoms with van der Waals surface area (Å²) in [4.78, 5) is 39.3. The fourth-order valence-electron chi connectivity index (χ4n) is 4.29. The van der Waals surface area contributed by atoms with Crippen molar-refractivity contribution in [2.24, 2.45) is 0 Å². The van der Waals surface area contributed by atoms with Gasteiger partial charge in [-0.15, -0.1) is 0 Å². The molecule has 35 heavy (non-hydrogen) atoms. The molecule has 0 bridgehead atoms. The Kier molecular flexibility index (Phi) is 9.73. The van der Waals surface area contributed by atoms with E-state index in [1.54, 1.807) is 0 Å². The van der Waals surface area contributed by atoms with Gasteiger partial charge >= 0.3 is 5.97 Å². The number of nitrogens with one attached hydrogen (secondary N) is 1. The summed E-state index contributed by atoms with van der Waals surface area (Å²) in [6.07, 6.45) is 7.62. The Morgan fingerprint density at radius 3 is 2.49 bits per heavy atom. The van der Waals surface area contributed by atoms with Gasteiger partial charge in [0.15, 0.2) is 5.78 Å². The van der Waals surface area contributed by atoms with Gasteiger partial charge in [0.2, 0.25) is 5.91 Å². The summed E-state index contributed by atoms with van der Waals surface area (Å²) in [5.41, 5.74) is 2.23. The molecular formula is C28H33FN2O4. The van der Waals surface area contributed by atoms with E-state index in [9.17, 15) is 18.8 Å². The molecule has 1 unspecified atom stereocenters. The van der Waals surface area contributed by atoms with Crippen molar-refractivity contribution in [1.29, 1.82) is 0 Å². The first-order valence-corrected chi connectivity index (χ1v) is 12.1. The van der Waals surface area contributed by atoms with Crippen molar-refractivity contribution in [2.75, 3.05) is 20.2 Å². The molecule has 1 fully saturated rings. The lowest BCUT2D eigenvalue weighted by molar-refractivity contribution is -0.138. The number of carbonyl (C=O) groups is 3. The minimum Gasteiger partial charge on any atom is -0.461 e. The fraction of sp³-hybridized carbons (Fsp3) is 0.393. The predicted octanol–water partition coefficient (Wildman–Crippen LogP) is 4.54. The number of amides is 1. The first kappa shape index (κ1) is 26.3. The molecule has 1 atom stereocenters. The highest BCUT2D eigenvalue weighted by Crippen LogP contribution is 2.23. The van der Waals surface area contributed by atoms with E-state index in [0.29, 0.717) is 6.54 Å². The molecule has 0 aliphatic heterocycles. The van der Waals surface area contributed by atoms with E-state index in [2.05, 4.69) is 5.32 Å². The van der Waals surface area contributed by atoms with Gasteiger partial charge in [0, 0.05) is 24.2 Å². The zero-order chi connectivity index (χ0) is 25.2. The van der Waals surface area contributed by atoms with Crippen molar-refractivity contribution >= 4 is 17.7 Å². The zero-order valence-corrected chi connectivity index (χ0v) is 20.3. The first-order chi connectivity index (χ1) is 16.8. The minimum absolute atomic E-state index is 0.0545. The summed E-state index contributed by atoms with van der Waals surface area (Å²) >= 11 is 0. The Morgan fingerprint density at radius 1 is 1.09 bits per heavy atom. The highest BCUT2D eigenvalue weighted by molar-refractivity contribution is 6.06. The molecule has 2 aromatic carbocycles. The number of rotatable bonds is 10.